The molecule has 0 saturated carbocycles. The van der Waals surface area contributed by atoms with Crippen molar-refractivity contribution in [3.8, 4) is 0 Å². The third kappa shape index (κ3) is 4.22. The minimum absolute atomic E-state index is 0.230. The Kier molecular flexibility index (Phi) is 5.83. The zero-order valence-corrected chi connectivity index (χ0v) is 19.6. The molecule has 2 amide bonds. The maximum atomic E-state index is 13.1. The van der Waals surface area contributed by atoms with Crippen LogP contribution in [0.1, 0.15) is 22.4 Å². The van der Waals surface area contributed by atoms with Crippen LogP contribution in [0.5, 0.6) is 0 Å². The third-order valence-corrected chi connectivity index (χ3v) is 7.03. The number of imide groups is 1. The van der Waals surface area contributed by atoms with Gasteiger partial charge in [0.25, 0.3) is 11.1 Å². The third-order valence-electron chi connectivity index (χ3n) is 5.87. The highest BCUT2D eigenvalue weighted by Crippen LogP contribution is 2.36. The average molecular weight is 473 g/mol. The number of carbonyl (C=O) groups excluding carboxylic acids is 2. The summed E-state index contributed by atoms with van der Waals surface area (Å²) in [5, 5.41) is 1.43. The van der Waals surface area contributed by atoms with Crippen LogP contribution in [-0.2, 0) is 17.9 Å². The van der Waals surface area contributed by atoms with Crippen molar-refractivity contribution < 1.29 is 9.59 Å². The Labute approximate surface area is 201 Å². The fraction of sp³-hybridized carbons (Fsp3) is 0.111. The van der Waals surface area contributed by atoms with Crippen LogP contribution in [0.2, 0.25) is 5.02 Å². The minimum atomic E-state index is -0.265. The number of nitrogens with zero attached hydrogens (tertiary/aromatic N) is 2. The van der Waals surface area contributed by atoms with Gasteiger partial charge in [0.15, 0.2) is 0 Å². The first-order valence-electron chi connectivity index (χ1n) is 10.6. The molecule has 4 nitrogen and oxygen atoms in total. The largest absolute Gasteiger partial charge is 0.340 e. The van der Waals surface area contributed by atoms with E-state index in [1.165, 1.54) is 10.5 Å². The zero-order valence-electron chi connectivity index (χ0n) is 18.0. The predicted molar refractivity (Wildman–Crippen MR) is 135 cm³/mol. The number of carbonyl (C=O) groups is 2. The summed E-state index contributed by atoms with van der Waals surface area (Å²) in [6.45, 7) is 3.03. The van der Waals surface area contributed by atoms with Crippen molar-refractivity contribution in [2.45, 2.75) is 20.0 Å². The van der Waals surface area contributed by atoms with E-state index in [1.807, 2.05) is 48.5 Å². The second kappa shape index (κ2) is 8.93. The number of amides is 2. The van der Waals surface area contributed by atoms with Crippen molar-refractivity contribution in [1.82, 2.24) is 9.47 Å². The van der Waals surface area contributed by atoms with E-state index in [4.69, 9.17) is 11.6 Å². The van der Waals surface area contributed by atoms with Crippen molar-refractivity contribution in [3.63, 3.8) is 0 Å². The van der Waals surface area contributed by atoms with Gasteiger partial charge >= 0.3 is 0 Å². The molecule has 0 bridgehead atoms. The van der Waals surface area contributed by atoms with Crippen LogP contribution in [0.4, 0.5) is 4.79 Å². The first kappa shape index (κ1) is 21.6. The van der Waals surface area contributed by atoms with Crippen molar-refractivity contribution in [1.29, 1.82) is 0 Å². The lowest BCUT2D eigenvalue weighted by Crippen LogP contribution is -2.27. The zero-order chi connectivity index (χ0) is 22.9. The Morgan fingerprint density at radius 1 is 0.848 bits per heavy atom. The van der Waals surface area contributed by atoms with E-state index in [2.05, 4.69) is 35.8 Å². The minimum Gasteiger partial charge on any atom is -0.340 e. The number of hydrogen-bond donors (Lipinski definition) is 0. The normalized spacial score (nSPS) is 15.2. The molecule has 1 saturated heterocycles. The van der Waals surface area contributed by atoms with Gasteiger partial charge in [0, 0.05) is 33.7 Å². The number of halogens is 1. The van der Waals surface area contributed by atoms with Crippen LogP contribution >= 0.6 is 23.4 Å². The lowest BCUT2D eigenvalue weighted by Gasteiger charge is -2.12. The molecule has 0 unspecified atom stereocenters. The second-order valence-electron chi connectivity index (χ2n) is 7.98. The molecule has 0 radical (unpaired) electrons. The maximum Gasteiger partial charge on any atom is 0.293 e. The number of benzene rings is 3. The van der Waals surface area contributed by atoms with Crippen LogP contribution in [0.3, 0.4) is 0 Å². The first-order chi connectivity index (χ1) is 16.0. The van der Waals surface area contributed by atoms with Crippen LogP contribution < -0.4 is 0 Å². The lowest BCUT2D eigenvalue weighted by molar-refractivity contribution is -0.123. The molecule has 1 aliphatic heterocycles. The van der Waals surface area contributed by atoms with E-state index < -0.39 is 0 Å². The van der Waals surface area contributed by atoms with Gasteiger partial charge in [0.05, 0.1) is 11.4 Å². The number of rotatable bonds is 5. The van der Waals surface area contributed by atoms with E-state index in [9.17, 15) is 9.59 Å². The van der Waals surface area contributed by atoms with E-state index in [0.29, 0.717) is 9.93 Å². The highest BCUT2D eigenvalue weighted by molar-refractivity contribution is 8.18. The highest BCUT2D eigenvalue weighted by atomic mass is 35.5. The quantitative estimate of drug-likeness (QED) is 0.297. The van der Waals surface area contributed by atoms with Gasteiger partial charge in [0.2, 0.25) is 0 Å². The molecule has 0 spiro atoms. The van der Waals surface area contributed by atoms with E-state index in [0.717, 1.165) is 46.0 Å². The SMILES string of the molecule is Cc1c(/C=C2/SC(=O)N(Cc3ccc(Cl)cc3)C2=O)c2ccccc2n1Cc1ccccc1. The van der Waals surface area contributed by atoms with Gasteiger partial charge in [-0.3, -0.25) is 14.5 Å². The lowest BCUT2D eigenvalue weighted by atomic mass is 10.1. The number of fused-ring (bicyclic) bond motifs is 1. The summed E-state index contributed by atoms with van der Waals surface area (Å²) in [6.07, 6.45) is 1.87. The number of aromatic nitrogens is 1. The molecule has 0 atom stereocenters. The molecule has 6 heteroatoms. The van der Waals surface area contributed by atoms with Crippen molar-refractivity contribution in [2.75, 3.05) is 0 Å². The fourth-order valence-corrected chi connectivity index (χ4v) is 5.10. The predicted octanol–water partition coefficient (Wildman–Crippen LogP) is 6.89. The summed E-state index contributed by atoms with van der Waals surface area (Å²) in [4.78, 5) is 27.5. The first-order valence-corrected chi connectivity index (χ1v) is 11.8. The number of hydrogen-bond acceptors (Lipinski definition) is 3. The van der Waals surface area contributed by atoms with Gasteiger partial charge < -0.3 is 4.57 Å². The van der Waals surface area contributed by atoms with Gasteiger partial charge in [-0.2, -0.15) is 0 Å². The Morgan fingerprint density at radius 2 is 1.52 bits per heavy atom. The van der Waals surface area contributed by atoms with Gasteiger partial charge in [0.1, 0.15) is 0 Å². The summed E-state index contributed by atoms with van der Waals surface area (Å²) in [7, 11) is 0. The van der Waals surface area contributed by atoms with Gasteiger partial charge in [-0.15, -0.1) is 0 Å². The van der Waals surface area contributed by atoms with Crippen LogP contribution in [-0.4, -0.2) is 20.6 Å². The molecular formula is C27H21ClN2O2S. The topological polar surface area (TPSA) is 42.3 Å². The molecule has 5 rings (SSSR count). The fourth-order valence-electron chi connectivity index (χ4n) is 4.15. The summed E-state index contributed by atoms with van der Waals surface area (Å²) in [5.74, 6) is -0.265. The summed E-state index contributed by atoms with van der Waals surface area (Å²) in [6, 6.07) is 25.7. The molecule has 2 heterocycles. The van der Waals surface area contributed by atoms with E-state index in [1.54, 1.807) is 12.1 Å². The summed E-state index contributed by atoms with van der Waals surface area (Å²) in [5.41, 5.74) is 5.20. The second-order valence-corrected chi connectivity index (χ2v) is 9.41. The molecule has 0 aliphatic carbocycles. The summed E-state index contributed by atoms with van der Waals surface area (Å²) >= 11 is 6.94. The molecule has 0 N–H and O–H groups in total. The number of thioether (sulfide) groups is 1. The Bertz CT molecular complexity index is 1390. The highest BCUT2D eigenvalue weighted by Gasteiger charge is 2.35. The molecule has 1 aromatic heterocycles. The van der Waals surface area contributed by atoms with Crippen LogP contribution in [0.15, 0.2) is 83.8 Å². The molecule has 164 valence electrons. The molecule has 1 fully saturated rings. The van der Waals surface area contributed by atoms with E-state index >= 15 is 0 Å². The van der Waals surface area contributed by atoms with Gasteiger partial charge in [-0.05, 0) is 54.1 Å². The Hall–Kier alpha value is -3.28. The molecule has 1 aliphatic rings. The molecule has 33 heavy (non-hydrogen) atoms. The standard InChI is InChI=1S/C27H21ClN2O2S/c1-18-23(22-9-5-6-10-24(22)29(18)16-19-7-3-2-4-8-19)15-25-26(31)30(27(32)33-25)17-20-11-13-21(28)14-12-20/h2-15H,16-17H2,1H3/b25-15+. The Morgan fingerprint density at radius 3 is 2.27 bits per heavy atom. The smallest absolute Gasteiger partial charge is 0.293 e. The molecule has 4 aromatic rings. The Balaban J connectivity index is 1.50. The van der Waals surface area contributed by atoms with Crippen LogP contribution in [0.25, 0.3) is 17.0 Å². The van der Waals surface area contributed by atoms with Crippen LogP contribution in [0, 0.1) is 6.92 Å². The molecular weight excluding hydrogens is 452 g/mol. The monoisotopic (exact) mass is 472 g/mol. The number of para-hydroxylation sites is 1. The van der Waals surface area contributed by atoms with Crippen molar-refractivity contribution in [3.05, 3.63) is 111 Å². The van der Waals surface area contributed by atoms with Crippen molar-refractivity contribution >= 4 is 51.5 Å². The molecule has 3 aromatic carbocycles. The van der Waals surface area contributed by atoms with Crippen molar-refractivity contribution in [2.24, 2.45) is 0 Å². The van der Waals surface area contributed by atoms with Gasteiger partial charge in [-0.1, -0.05) is 72.3 Å². The van der Waals surface area contributed by atoms with Gasteiger partial charge in [-0.25, -0.2) is 0 Å². The average Bonchev–Trinajstić information content (AvgIpc) is 3.24. The maximum absolute atomic E-state index is 13.1. The summed E-state index contributed by atoms with van der Waals surface area (Å²) < 4.78 is 2.26. The van der Waals surface area contributed by atoms with E-state index in [-0.39, 0.29) is 17.7 Å².